The van der Waals surface area contributed by atoms with Crippen LogP contribution in [-0.2, 0) is 0 Å². The van der Waals surface area contributed by atoms with Crippen LogP contribution in [-0.4, -0.2) is 21.2 Å². The first-order valence-corrected chi connectivity index (χ1v) is 5.17. The topological polar surface area (TPSA) is 97.9 Å². The Morgan fingerprint density at radius 1 is 1.50 bits per heavy atom. The molecule has 3 N–H and O–H groups in total. The van der Waals surface area contributed by atoms with E-state index in [0.717, 1.165) is 4.57 Å². The van der Waals surface area contributed by atoms with E-state index >= 15 is 0 Å². The number of nitrogens with one attached hydrogen (secondary N) is 1. The van der Waals surface area contributed by atoms with Crippen molar-refractivity contribution in [2.24, 2.45) is 0 Å². The minimum absolute atomic E-state index is 0.144. The van der Waals surface area contributed by atoms with Crippen molar-refractivity contribution in [2.45, 2.75) is 19.9 Å². The molecule has 0 spiro atoms. The van der Waals surface area contributed by atoms with Gasteiger partial charge in [-0.05, 0) is 13.8 Å². The molecule has 1 aromatic heterocycles. The molecule has 6 nitrogen and oxygen atoms in total. The van der Waals surface area contributed by atoms with E-state index in [2.05, 4.69) is 0 Å². The number of Topliss-reactive ketones (excluding diaryl/α,β-unsaturated/α-hetero) is 1. The summed E-state index contributed by atoms with van der Waals surface area (Å²) >= 11 is 5.36. The lowest BCUT2D eigenvalue weighted by Gasteiger charge is -2.14. The van der Waals surface area contributed by atoms with Crippen LogP contribution in [0, 0.1) is 0 Å². The quantitative estimate of drug-likeness (QED) is 0.584. The number of nitrogens with zero attached hydrogens (tertiary/aromatic N) is 1. The number of rotatable bonds is 3. The number of nitrogens with two attached hydrogens (primary N) is 1. The molecule has 0 bridgehead atoms. The summed E-state index contributed by atoms with van der Waals surface area (Å²) in [5, 5.41) is 0. The van der Waals surface area contributed by atoms with Gasteiger partial charge in [0.25, 0.3) is 5.56 Å². The highest BCUT2D eigenvalue weighted by Gasteiger charge is 2.19. The van der Waals surface area contributed by atoms with Crippen LogP contribution in [0.2, 0.25) is 0 Å². The molecule has 0 aliphatic rings. The van der Waals surface area contributed by atoms with Gasteiger partial charge in [0.1, 0.15) is 11.4 Å². The first kappa shape index (κ1) is 12.5. The second kappa shape index (κ2) is 4.52. The molecule has 0 atom stereocenters. The molecule has 0 amide bonds. The van der Waals surface area contributed by atoms with Gasteiger partial charge < -0.3 is 5.73 Å². The molecule has 0 aromatic carbocycles. The number of carbonyl (C=O) groups is 1. The van der Waals surface area contributed by atoms with Crippen molar-refractivity contribution in [1.82, 2.24) is 9.55 Å². The highest BCUT2D eigenvalue weighted by atomic mass is 35.5. The summed E-state index contributed by atoms with van der Waals surface area (Å²) in [7, 11) is 0. The van der Waals surface area contributed by atoms with Gasteiger partial charge in [0.15, 0.2) is 5.78 Å². The van der Waals surface area contributed by atoms with Crippen LogP contribution in [0.25, 0.3) is 0 Å². The van der Waals surface area contributed by atoms with Gasteiger partial charge in [-0.15, -0.1) is 11.6 Å². The Hall–Kier alpha value is -1.56. The van der Waals surface area contributed by atoms with Gasteiger partial charge in [-0.25, -0.2) is 4.79 Å². The molecular weight excluding hydrogens is 234 g/mol. The molecule has 0 saturated carbocycles. The molecule has 88 valence electrons. The summed E-state index contributed by atoms with van der Waals surface area (Å²) in [5.74, 6) is -1.10. The molecule has 1 aromatic rings. The van der Waals surface area contributed by atoms with Crippen molar-refractivity contribution in [3.8, 4) is 0 Å². The predicted molar refractivity (Wildman–Crippen MR) is 61.2 cm³/mol. The van der Waals surface area contributed by atoms with Crippen molar-refractivity contribution in [1.29, 1.82) is 0 Å². The fraction of sp³-hybridized carbons (Fsp3) is 0.444. The number of ketones is 1. The number of aromatic amines is 1. The van der Waals surface area contributed by atoms with Gasteiger partial charge in [0, 0.05) is 6.04 Å². The highest BCUT2D eigenvalue weighted by molar-refractivity contribution is 6.31. The second-order valence-electron chi connectivity index (χ2n) is 3.54. The number of anilines is 1. The lowest BCUT2D eigenvalue weighted by Crippen LogP contribution is -2.37. The maximum absolute atomic E-state index is 11.4. The number of H-pyrrole nitrogens is 1. The van der Waals surface area contributed by atoms with Crippen LogP contribution in [0.15, 0.2) is 9.59 Å². The monoisotopic (exact) mass is 245 g/mol. The zero-order valence-electron chi connectivity index (χ0n) is 8.91. The summed E-state index contributed by atoms with van der Waals surface area (Å²) in [5.41, 5.74) is 3.93. The molecule has 16 heavy (non-hydrogen) atoms. The van der Waals surface area contributed by atoms with E-state index in [1.807, 2.05) is 4.98 Å². The Bertz CT molecular complexity index is 530. The van der Waals surface area contributed by atoms with E-state index in [9.17, 15) is 14.4 Å². The molecule has 0 saturated heterocycles. The number of hydrogen-bond acceptors (Lipinski definition) is 4. The van der Waals surface area contributed by atoms with E-state index in [-0.39, 0.29) is 23.3 Å². The first-order valence-electron chi connectivity index (χ1n) is 4.63. The smallest absolute Gasteiger partial charge is 0.330 e. The number of halogens is 1. The molecule has 0 unspecified atom stereocenters. The van der Waals surface area contributed by atoms with Gasteiger partial charge in [-0.2, -0.15) is 0 Å². The maximum atomic E-state index is 11.4. The summed E-state index contributed by atoms with van der Waals surface area (Å²) < 4.78 is 1.14. The zero-order chi connectivity index (χ0) is 12.5. The van der Waals surface area contributed by atoms with E-state index in [1.54, 1.807) is 13.8 Å². The molecular formula is C9H12ClN3O3. The van der Waals surface area contributed by atoms with Gasteiger partial charge in [0.05, 0.1) is 5.88 Å². The number of aromatic nitrogens is 2. The van der Waals surface area contributed by atoms with Crippen molar-refractivity contribution in [2.75, 3.05) is 11.6 Å². The van der Waals surface area contributed by atoms with Gasteiger partial charge in [-0.3, -0.25) is 19.1 Å². The Labute approximate surface area is 96.0 Å². The standard InChI is InChI=1S/C9H12ClN3O3/c1-4(2)13-7(11)6(5(14)3-10)8(15)12-9(13)16/h4H,3,11H2,1-2H3,(H,12,15,16). The van der Waals surface area contributed by atoms with E-state index in [4.69, 9.17) is 17.3 Å². The number of carbonyl (C=O) groups excluding carboxylic acids is 1. The Morgan fingerprint density at radius 3 is 2.50 bits per heavy atom. The Kier molecular flexibility index (Phi) is 3.54. The molecule has 0 aliphatic heterocycles. The molecule has 0 fully saturated rings. The predicted octanol–water partition coefficient (Wildman–Crippen LogP) is 0.121. The minimum atomic E-state index is -0.801. The third-order valence-corrected chi connectivity index (χ3v) is 2.34. The van der Waals surface area contributed by atoms with Crippen LogP contribution >= 0.6 is 11.6 Å². The zero-order valence-corrected chi connectivity index (χ0v) is 9.67. The third-order valence-electron chi connectivity index (χ3n) is 2.10. The highest BCUT2D eigenvalue weighted by Crippen LogP contribution is 2.11. The molecule has 1 heterocycles. The van der Waals surface area contributed by atoms with Crippen LogP contribution in [0.3, 0.4) is 0 Å². The van der Waals surface area contributed by atoms with Crippen molar-refractivity contribution >= 4 is 23.2 Å². The van der Waals surface area contributed by atoms with Crippen molar-refractivity contribution in [3.63, 3.8) is 0 Å². The van der Waals surface area contributed by atoms with Gasteiger partial charge in [-0.1, -0.05) is 0 Å². The average molecular weight is 246 g/mol. The number of nitrogen functional groups attached to an aromatic ring is 1. The lowest BCUT2D eigenvalue weighted by molar-refractivity contribution is 0.101. The molecule has 0 aliphatic carbocycles. The van der Waals surface area contributed by atoms with Crippen molar-refractivity contribution < 1.29 is 4.79 Å². The van der Waals surface area contributed by atoms with Crippen LogP contribution in [0.4, 0.5) is 5.82 Å². The lowest BCUT2D eigenvalue weighted by atomic mass is 10.2. The molecule has 0 radical (unpaired) electrons. The van der Waals surface area contributed by atoms with E-state index in [1.165, 1.54) is 0 Å². The van der Waals surface area contributed by atoms with Crippen LogP contribution < -0.4 is 17.0 Å². The third kappa shape index (κ3) is 2.01. The molecule has 7 heteroatoms. The summed E-state index contributed by atoms with van der Waals surface area (Å²) in [6.45, 7) is 3.43. The van der Waals surface area contributed by atoms with Crippen molar-refractivity contribution in [3.05, 3.63) is 26.4 Å². The van der Waals surface area contributed by atoms with Gasteiger partial charge in [0.2, 0.25) is 0 Å². The number of hydrogen-bond donors (Lipinski definition) is 2. The summed E-state index contributed by atoms with van der Waals surface area (Å²) in [6.07, 6.45) is 0. The Morgan fingerprint density at radius 2 is 2.06 bits per heavy atom. The van der Waals surface area contributed by atoms with E-state index in [0.29, 0.717) is 0 Å². The largest absolute Gasteiger partial charge is 0.384 e. The SMILES string of the molecule is CC(C)n1c(N)c(C(=O)CCl)c(=O)[nH]c1=O. The van der Waals surface area contributed by atoms with Crippen LogP contribution in [0.1, 0.15) is 30.2 Å². The van der Waals surface area contributed by atoms with Crippen LogP contribution in [0.5, 0.6) is 0 Å². The fourth-order valence-corrected chi connectivity index (χ4v) is 1.55. The van der Waals surface area contributed by atoms with E-state index < -0.39 is 17.0 Å². The summed E-state index contributed by atoms with van der Waals surface area (Å²) in [6, 6.07) is -0.258. The first-order chi connectivity index (χ1) is 7.40. The average Bonchev–Trinajstić information content (AvgIpc) is 2.15. The normalized spacial score (nSPS) is 10.8. The maximum Gasteiger partial charge on any atom is 0.330 e. The number of alkyl halides is 1. The Balaban J connectivity index is 3.65. The fourth-order valence-electron chi connectivity index (χ4n) is 1.41. The summed E-state index contributed by atoms with van der Waals surface area (Å²) in [4.78, 5) is 36.3. The second-order valence-corrected chi connectivity index (χ2v) is 3.81. The van der Waals surface area contributed by atoms with Gasteiger partial charge >= 0.3 is 5.69 Å². The molecule has 1 rings (SSSR count). The minimum Gasteiger partial charge on any atom is -0.384 e.